The van der Waals surface area contributed by atoms with E-state index in [2.05, 4.69) is 5.32 Å². The Morgan fingerprint density at radius 1 is 1.40 bits per heavy atom. The van der Waals surface area contributed by atoms with Gasteiger partial charge in [-0.15, -0.1) is 12.4 Å². The number of nitrogens with two attached hydrogens (primary N) is 1. The van der Waals surface area contributed by atoms with E-state index in [1.165, 1.54) is 12.1 Å². The largest absolute Gasteiger partial charge is 0.355 e. The third-order valence-electron chi connectivity index (χ3n) is 4.07. The Labute approximate surface area is 152 Å². The molecule has 0 aliphatic carbocycles. The van der Waals surface area contributed by atoms with Crippen molar-refractivity contribution in [2.45, 2.75) is 19.3 Å². The molecule has 1 heterocycles. The number of benzene rings is 1. The molecule has 9 heteroatoms. The molecule has 0 bridgehead atoms. The lowest BCUT2D eigenvalue weighted by molar-refractivity contribution is -0.384. The summed E-state index contributed by atoms with van der Waals surface area (Å²) < 4.78 is 0. The molecule has 1 aromatic carbocycles. The Kier molecular flexibility index (Phi) is 8.30. The fourth-order valence-electron chi connectivity index (χ4n) is 2.82. The molecule has 25 heavy (non-hydrogen) atoms. The van der Waals surface area contributed by atoms with E-state index in [9.17, 15) is 19.7 Å². The van der Waals surface area contributed by atoms with Crippen molar-refractivity contribution in [2.75, 3.05) is 26.2 Å². The molecule has 138 valence electrons. The lowest BCUT2D eigenvalue weighted by Crippen LogP contribution is -2.46. The summed E-state index contributed by atoms with van der Waals surface area (Å²) in [4.78, 5) is 36.4. The van der Waals surface area contributed by atoms with Crippen LogP contribution in [0.1, 0.15) is 18.4 Å². The Morgan fingerprint density at radius 2 is 2.16 bits per heavy atom. The Morgan fingerprint density at radius 3 is 2.84 bits per heavy atom. The number of likely N-dealkylation sites (tertiary alicyclic amines) is 1. The molecule has 0 saturated carbocycles. The maximum absolute atomic E-state index is 12.4. The molecule has 0 radical (unpaired) electrons. The summed E-state index contributed by atoms with van der Waals surface area (Å²) >= 11 is 0. The smallest absolute Gasteiger partial charge is 0.269 e. The summed E-state index contributed by atoms with van der Waals surface area (Å²) in [5.74, 6) is -0.417. The predicted octanol–water partition coefficient (Wildman–Crippen LogP) is 0.873. The summed E-state index contributed by atoms with van der Waals surface area (Å²) in [7, 11) is 0. The van der Waals surface area contributed by atoms with E-state index in [1.54, 1.807) is 17.0 Å². The Balaban J connectivity index is 0.00000312. The average Bonchev–Trinajstić information content (AvgIpc) is 2.60. The Bertz CT molecular complexity index is 626. The SMILES string of the molecule is Cl.NCCNC(=O)C1CCCN(C(=O)Cc2cccc([N+](=O)[O-])c2)C1. The second-order valence-corrected chi connectivity index (χ2v) is 5.86. The van der Waals surface area contributed by atoms with Crippen LogP contribution in [0.15, 0.2) is 24.3 Å². The van der Waals surface area contributed by atoms with E-state index in [0.29, 0.717) is 31.7 Å². The van der Waals surface area contributed by atoms with Gasteiger partial charge in [-0.25, -0.2) is 0 Å². The van der Waals surface area contributed by atoms with E-state index in [0.717, 1.165) is 12.8 Å². The molecule has 3 N–H and O–H groups in total. The van der Waals surface area contributed by atoms with Crippen LogP contribution in [0, 0.1) is 16.0 Å². The van der Waals surface area contributed by atoms with Gasteiger partial charge in [0.05, 0.1) is 17.3 Å². The van der Waals surface area contributed by atoms with Gasteiger partial charge in [-0.1, -0.05) is 12.1 Å². The first kappa shape index (κ1) is 20.9. The number of rotatable bonds is 6. The molecule has 1 atom stereocenters. The molecule has 1 saturated heterocycles. The fraction of sp³-hybridized carbons (Fsp3) is 0.500. The van der Waals surface area contributed by atoms with Gasteiger partial charge in [0.1, 0.15) is 0 Å². The van der Waals surface area contributed by atoms with Crippen LogP contribution in [0.2, 0.25) is 0 Å². The van der Waals surface area contributed by atoms with Crippen LogP contribution < -0.4 is 11.1 Å². The number of hydrogen-bond acceptors (Lipinski definition) is 5. The van der Waals surface area contributed by atoms with Crippen molar-refractivity contribution in [3.8, 4) is 0 Å². The lowest BCUT2D eigenvalue weighted by Gasteiger charge is -2.32. The van der Waals surface area contributed by atoms with Crippen LogP contribution >= 0.6 is 12.4 Å². The number of nitrogens with one attached hydrogen (secondary N) is 1. The van der Waals surface area contributed by atoms with Crippen molar-refractivity contribution in [3.05, 3.63) is 39.9 Å². The minimum Gasteiger partial charge on any atom is -0.355 e. The number of nitro groups is 1. The zero-order valence-corrected chi connectivity index (χ0v) is 14.7. The molecule has 0 aromatic heterocycles. The number of hydrogen-bond donors (Lipinski definition) is 2. The van der Waals surface area contributed by atoms with Crippen LogP contribution in [-0.4, -0.2) is 47.8 Å². The molecular formula is C16H23ClN4O4. The number of non-ortho nitro benzene ring substituents is 1. The van der Waals surface area contributed by atoms with E-state index in [4.69, 9.17) is 5.73 Å². The third kappa shape index (κ3) is 5.99. The zero-order chi connectivity index (χ0) is 17.5. The molecule has 1 aromatic rings. The van der Waals surface area contributed by atoms with Crippen molar-refractivity contribution >= 4 is 29.9 Å². The van der Waals surface area contributed by atoms with Crippen molar-refractivity contribution in [2.24, 2.45) is 11.7 Å². The van der Waals surface area contributed by atoms with Gasteiger partial charge in [0, 0.05) is 38.3 Å². The predicted molar refractivity (Wildman–Crippen MR) is 95.4 cm³/mol. The van der Waals surface area contributed by atoms with E-state index < -0.39 is 4.92 Å². The van der Waals surface area contributed by atoms with Gasteiger partial charge in [0.15, 0.2) is 0 Å². The first-order valence-electron chi connectivity index (χ1n) is 8.00. The molecule has 1 unspecified atom stereocenters. The van der Waals surface area contributed by atoms with E-state index >= 15 is 0 Å². The normalized spacial score (nSPS) is 16.7. The van der Waals surface area contributed by atoms with Gasteiger partial charge >= 0.3 is 0 Å². The highest BCUT2D eigenvalue weighted by atomic mass is 35.5. The van der Waals surface area contributed by atoms with Crippen molar-refractivity contribution in [3.63, 3.8) is 0 Å². The second-order valence-electron chi connectivity index (χ2n) is 5.86. The van der Waals surface area contributed by atoms with E-state index in [1.807, 2.05) is 0 Å². The van der Waals surface area contributed by atoms with Crippen molar-refractivity contribution < 1.29 is 14.5 Å². The topological polar surface area (TPSA) is 119 Å². The highest BCUT2D eigenvalue weighted by molar-refractivity contribution is 5.85. The number of nitrogens with zero attached hydrogens (tertiary/aromatic N) is 2. The molecular weight excluding hydrogens is 348 g/mol. The van der Waals surface area contributed by atoms with Gasteiger partial charge in [-0.2, -0.15) is 0 Å². The molecule has 1 aliphatic rings. The van der Waals surface area contributed by atoms with Crippen LogP contribution in [0.5, 0.6) is 0 Å². The summed E-state index contributed by atoms with van der Waals surface area (Å²) in [6.07, 6.45) is 1.61. The van der Waals surface area contributed by atoms with Crippen LogP contribution in [0.4, 0.5) is 5.69 Å². The molecule has 2 rings (SSSR count). The molecule has 8 nitrogen and oxygen atoms in total. The maximum atomic E-state index is 12.4. The first-order chi connectivity index (χ1) is 11.5. The quantitative estimate of drug-likeness (QED) is 0.569. The summed E-state index contributed by atoms with van der Waals surface area (Å²) in [6, 6.07) is 6.07. The van der Waals surface area contributed by atoms with Gasteiger partial charge in [0.2, 0.25) is 11.8 Å². The fourth-order valence-corrected chi connectivity index (χ4v) is 2.82. The highest BCUT2D eigenvalue weighted by Gasteiger charge is 2.28. The van der Waals surface area contributed by atoms with Gasteiger partial charge in [-0.3, -0.25) is 19.7 Å². The van der Waals surface area contributed by atoms with Crippen LogP contribution in [0.25, 0.3) is 0 Å². The van der Waals surface area contributed by atoms with Gasteiger partial charge in [-0.05, 0) is 18.4 Å². The molecule has 2 amide bonds. The van der Waals surface area contributed by atoms with Gasteiger partial charge in [0.25, 0.3) is 5.69 Å². The number of amides is 2. The summed E-state index contributed by atoms with van der Waals surface area (Å²) in [6.45, 7) is 1.80. The number of piperidine rings is 1. The van der Waals surface area contributed by atoms with Crippen molar-refractivity contribution in [1.29, 1.82) is 0 Å². The number of carbonyl (C=O) groups is 2. The first-order valence-corrected chi connectivity index (χ1v) is 8.00. The van der Waals surface area contributed by atoms with Crippen molar-refractivity contribution in [1.82, 2.24) is 10.2 Å². The number of carbonyl (C=O) groups excluding carboxylic acids is 2. The lowest BCUT2D eigenvalue weighted by atomic mass is 9.96. The molecule has 1 fully saturated rings. The second kappa shape index (κ2) is 9.95. The standard InChI is InChI=1S/C16H22N4O4.ClH/c17-6-7-18-16(22)13-4-2-8-19(11-13)15(21)10-12-3-1-5-14(9-12)20(23)24;/h1,3,5,9,13H,2,4,6-8,10-11,17H2,(H,18,22);1H. The highest BCUT2D eigenvalue weighted by Crippen LogP contribution is 2.19. The van der Waals surface area contributed by atoms with Crippen LogP contribution in [0.3, 0.4) is 0 Å². The Hall–Kier alpha value is -2.19. The van der Waals surface area contributed by atoms with Gasteiger partial charge < -0.3 is 16.0 Å². The van der Waals surface area contributed by atoms with E-state index in [-0.39, 0.29) is 42.2 Å². The minimum absolute atomic E-state index is 0. The third-order valence-corrected chi connectivity index (χ3v) is 4.07. The minimum atomic E-state index is -0.479. The average molecular weight is 371 g/mol. The molecule has 1 aliphatic heterocycles. The molecule has 0 spiro atoms. The number of nitro benzene ring substituents is 1. The van der Waals surface area contributed by atoms with Crippen LogP contribution in [-0.2, 0) is 16.0 Å². The number of halogens is 1. The zero-order valence-electron chi connectivity index (χ0n) is 13.8. The summed E-state index contributed by atoms with van der Waals surface area (Å²) in [5, 5.41) is 13.6. The monoisotopic (exact) mass is 370 g/mol. The summed E-state index contributed by atoms with van der Waals surface area (Å²) in [5.41, 5.74) is 5.95. The maximum Gasteiger partial charge on any atom is 0.269 e.